The molecule has 1 aliphatic rings. The second-order valence-corrected chi connectivity index (χ2v) is 6.24. The van der Waals surface area contributed by atoms with Crippen molar-refractivity contribution in [1.29, 1.82) is 0 Å². The quantitative estimate of drug-likeness (QED) is 0.410. The van der Waals surface area contributed by atoms with Gasteiger partial charge in [0.05, 0.1) is 19.4 Å². The number of furan rings is 1. The molecule has 1 fully saturated rings. The lowest BCUT2D eigenvalue weighted by Gasteiger charge is -2.32. The van der Waals surface area contributed by atoms with E-state index in [2.05, 4.69) is 27.4 Å². The van der Waals surface area contributed by atoms with Crippen LogP contribution in [-0.4, -0.2) is 63.3 Å². The second kappa shape index (κ2) is 11.1. The van der Waals surface area contributed by atoms with Crippen molar-refractivity contribution in [2.45, 2.75) is 38.6 Å². The fourth-order valence-electron chi connectivity index (χ4n) is 2.97. The predicted molar refractivity (Wildman–Crippen MR) is 97.5 cm³/mol. The van der Waals surface area contributed by atoms with Crippen molar-refractivity contribution in [3.63, 3.8) is 0 Å². The number of hydrogen-bond donors (Lipinski definition) is 2. The monoisotopic (exact) mass is 336 g/mol. The summed E-state index contributed by atoms with van der Waals surface area (Å²) < 4.78 is 10.5. The summed E-state index contributed by atoms with van der Waals surface area (Å²) in [6.07, 6.45) is 6.14. The highest BCUT2D eigenvalue weighted by molar-refractivity contribution is 5.80. The van der Waals surface area contributed by atoms with Crippen molar-refractivity contribution in [1.82, 2.24) is 15.5 Å². The highest BCUT2D eigenvalue weighted by atomic mass is 16.5. The fourth-order valence-corrected chi connectivity index (χ4v) is 2.97. The molecule has 6 heteroatoms. The first-order valence-corrected chi connectivity index (χ1v) is 9.10. The third-order valence-corrected chi connectivity index (χ3v) is 4.28. The molecule has 6 nitrogen and oxygen atoms in total. The van der Waals surface area contributed by atoms with Crippen molar-refractivity contribution < 1.29 is 9.15 Å². The number of likely N-dealkylation sites (tertiary alicyclic amines) is 1. The van der Waals surface area contributed by atoms with Crippen LogP contribution in [0.4, 0.5) is 0 Å². The zero-order valence-electron chi connectivity index (χ0n) is 15.1. The van der Waals surface area contributed by atoms with Crippen molar-refractivity contribution in [2.75, 3.05) is 46.4 Å². The van der Waals surface area contributed by atoms with Gasteiger partial charge >= 0.3 is 0 Å². The van der Waals surface area contributed by atoms with Crippen molar-refractivity contribution >= 4 is 5.96 Å². The van der Waals surface area contributed by atoms with Gasteiger partial charge in [0.25, 0.3) is 0 Å². The first kappa shape index (κ1) is 18.8. The SMILES string of the molecule is CCCN1CCC(NC(=NCCOC)NCCc2ccco2)CC1. The van der Waals surface area contributed by atoms with E-state index < -0.39 is 0 Å². The zero-order valence-corrected chi connectivity index (χ0v) is 15.1. The van der Waals surface area contributed by atoms with Crippen molar-refractivity contribution in [2.24, 2.45) is 4.99 Å². The molecular weight excluding hydrogens is 304 g/mol. The number of nitrogens with one attached hydrogen (secondary N) is 2. The first-order valence-electron chi connectivity index (χ1n) is 9.10. The average Bonchev–Trinajstić information content (AvgIpc) is 3.10. The van der Waals surface area contributed by atoms with Crippen LogP contribution in [-0.2, 0) is 11.2 Å². The van der Waals surface area contributed by atoms with E-state index in [9.17, 15) is 0 Å². The average molecular weight is 336 g/mol. The molecule has 0 aliphatic carbocycles. The summed E-state index contributed by atoms with van der Waals surface area (Å²) in [5.41, 5.74) is 0. The highest BCUT2D eigenvalue weighted by Gasteiger charge is 2.19. The fraction of sp³-hybridized carbons (Fsp3) is 0.722. The molecule has 1 aliphatic heterocycles. The summed E-state index contributed by atoms with van der Waals surface area (Å²) in [5, 5.41) is 6.99. The van der Waals surface area contributed by atoms with Crippen LogP contribution in [0.3, 0.4) is 0 Å². The minimum atomic E-state index is 0.496. The van der Waals surface area contributed by atoms with Crippen molar-refractivity contribution in [3.8, 4) is 0 Å². The van der Waals surface area contributed by atoms with Crippen LogP contribution in [0.5, 0.6) is 0 Å². The smallest absolute Gasteiger partial charge is 0.191 e. The summed E-state index contributed by atoms with van der Waals surface area (Å²) >= 11 is 0. The molecule has 24 heavy (non-hydrogen) atoms. The molecule has 1 saturated heterocycles. The maximum atomic E-state index is 5.37. The van der Waals surface area contributed by atoms with E-state index in [1.165, 1.54) is 38.9 Å². The van der Waals surface area contributed by atoms with Gasteiger partial charge in [-0.3, -0.25) is 4.99 Å². The van der Waals surface area contributed by atoms with Gasteiger partial charge in [-0.1, -0.05) is 6.92 Å². The third-order valence-electron chi connectivity index (χ3n) is 4.28. The molecule has 0 aromatic carbocycles. The summed E-state index contributed by atoms with van der Waals surface area (Å²) in [6.45, 7) is 7.91. The number of aliphatic imine (C=N–C) groups is 1. The molecular formula is C18H32N4O2. The van der Waals surface area contributed by atoms with Crippen LogP contribution < -0.4 is 10.6 Å². The van der Waals surface area contributed by atoms with Crippen LogP contribution in [0.1, 0.15) is 31.9 Å². The Labute approximate surface area is 145 Å². The van der Waals surface area contributed by atoms with E-state index in [1.54, 1.807) is 13.4 Å². The number of ether oxygens (including phenoxy) is 1. The predicted octanol–water partition coefficient (Wildman–Crippen LogP) is 1.88. The van der Waals surface area contributed by atoms with Crippen LogP contribution in [0.2, 0.25) is 0 Å². The van der Waals surface area contributed by atoms with E-state index in [0.29, 0.717) is 19.2 Å². The largest absolute Gasteiger partial charge is 0.469 e. The summed E-state index contributed by atoms with van der Waals surface area (Å²) in [5.74, 6) is 1.87. The molecule has 2 N–H and O–H groups in total. The molecule has 1 aromatic rings. The number of piperidine rings is 1. The van der Waals surface area contributed by atoms with Gasteiger partial charge in [-0.2, -0.15) is 0 Å². The number of rotatable bonds is 9. The molecule has 2 rings (SSSR count). The molecule has 0 radical (unpaired) electrons. The van der Waals surface area contributed by atoms with Crippen LogP contribution in [0, 0.1) is 0 Å². The maximum Gasteiger partial charge on any atom is 0.191 e. The topological polar surface area (TPSA) is 62.0 Å². The molecule has 2 heterocycles. The molecule has 0 atom stereocenters. The summed E-state index contributed by atoms with van der Waals surface area (Å²) in [7, 11) is 1.70. The number of nitrogens with zero attached hydrogens (tertiary/aromatic N) is 2. The van der Waals surface area contributed by atoms with Crippen molar-refractivity contribution in [3.05, 3.63) is 24.2 Å². The minimum absolute atomic E-state index is 0.496. The third kappa shape index (κ3) is 6.93. The van der Waals surface area contributed by atoms with Gasteiger partial charge in [0.15, 0.2) is 5.96 Å². The minimum Gasteiger partial charge on any atom is -0.469 e. The van der Waals surface area contributed by atoms with Gasteiger partial charge in [0.1, 0.15) is 5.76 Å². The van der Waals surface area contributed by atoms with Gasteiger partial charge in [-0.15, -0.1) is 0 Å². The Bertz CT molecular complexity index is 454. The van der Waals surface area contributed by atoms with Gasteiger partial charge in [0, 0.05) is 39.2 Å². The Morgan fingerprint density at radius 2 is 2.25 bits per heavy atom. The lowest BCUT2D eigenvalue weighted by Crippen LogP contribution is -2.49. The highest BCUT2D eigenvalue weighted by Crippen LogP contribution is 2.10. The molecule has 0 bridgehead atoms. The second-order valence-electron chi connectivity index (χ2n) is 6.24. The van der Waals surface area contributed by atoms with E-state index in [-0.39, 0.29) is 0 Å². The Balaban J connectivity index is 1.76. The Morgan fingerprint density at radius 3 is 2.92 bits per heavy atom. The van der Waals surface area contributed by atoms with Crippen LogP contribution in [0.25, 0.3) is 0 Å². The molecule has 0 spiro atoms. The molecule has 136 valence electrons. The van der Waals surface area contributed by atoms with Gasteiger partial charge in [0.2, 0.25) is 0 Å². The molecule has 1 aromatic heterocycles. The van der Waals surface area contributed by atoms with Gasteiger partial charge < -0.3 is 24.7 Å². The standard InChI is InChI=1S/C18H32N4O2/c1-3-11-22-12-7-16(8-13-22)21-18(20-10-15-23-2)19-9-6-17-5-4-14-24-17/h4-5,14,16H,3,6-13,15H2,1-2H3,(H2,19,20,21). The van der Waals surface area contributed by atoms with Gasteiger partial charge in [-0.25, -0.2) is 0 Å². The van der Waals surface area contributed by atoms with E-state index in [1.807, 2.05) is 12.1 Å². The number of hydrogen-bond acceptors (Lipinski definition) is 4. The number of guanidine groups is 1. The van der Waals surface area contributed by atoms with E-state index in [4.69, 9.17) is 9.15 Å². The molecule has 0 unspecified atom stereocenters. The Kier molecular flexibility index (Phi) is 8.70. The Morgan fingerprint density at radius 1 is 1.42 bits per heavy atom. The van der Waals surface area contributed by atoms with Crippen LogP contribution >= 0.6 is 0 Å². The number of methoxy groups -OCH3 is 1. The lowest BCUT2D eigenvalue weighted by atomic mass is 10.1. The zero-order chi connectivity index (χ0) is 17.0. The summed E-state index contributed by atoms with van der Waals surface area (Å²) in [4.78, 5) is 7.15. The first-order chi connectivity index (χ1) is 11.8. The van der Waals surface area contributed by atoms with E-state index in [0.717, 1.165) is 24.7 Å². The lowest BCUT2D eigenvalue weighted by molar-refractivity contribution is 0.204. The summed E-state index contributed by atoms with van der Waals surface area (Å²) in [6, 6.07) is 4.42. The van der Waals surface area contributed by atoms with Crippen LogP contribution in [0.15, 0.2) is 27.8 Å². The van der Waals surface area contributed by atoms with Gasteiger partial charge in [-0.05, 0) is 37.9 Å². The maximum absolute atomic E-state index is 5.37. The Hall–Kier alpha value is -1.53. The van der Waals surface area contributed by atoms with E-state index >= 15 is 0 Å². The normalized spacial score (nSPS) is 17.2. The molecule has 0 amide bonds. The molecule has 0 saturated carbocycles.